The van der Waals surface area contributed by atoms with Gasteiger partial charge in [0.25, 0.3) is 0 Å². The first-order valence-corrected chi connectivity index (χ1v) is 13.4. The van der Waals surface area contributed by atoms with Crippen LogP contribution >= 0.6 is 23.1 Å². The molecule has 35 heavy (non-hydrogen) atoms. The number of amides is 1. The van der Waals surface area contributed by atoms with Gasteiger partial charge in [-0.2, -0.15) is 0 Å². The zero-order chi connectivity index (χ0) is 24.9. The minimum absolute atomic E-state index is 0.162. The second kappa shape index (κ2) is 11.3. The fraction of sp³-hybridized carbons (Fsp3) is 0.440. The number of anilines is 1. The van der Waals surface area contributed by atoms with Gasteiger partial charge in [-0.3, -0.25) is 4.79 Å². The van der Waals surface area contributed by atoms with Crippen LogP contribution in [-0.4, -0.2) is 46.1 Å². The SMILES string of the molecule is CCOC(=O)c1c(NC(=O)CSc2nnc(Cc3ccc(OC)cc3)n2C)sc2c1CCC(C)C2. The summed E-state index contributed by atoms with van der Waals surface area (Å²) in [6.07, 6.45) is 3.42. The van der Waals surface area contributed by atoms with Crippen molar-refractivity contribution in [1.29, 1.82) is 0 Å². The van der Waals surface area contributed by atoms with Crippen molar-refractivity contribution < 1.29 is 19.1 Å². The quantitative estimate of drug-likeness (QED) is 0.332. The van der Waals surface area contributed by atoms with Gasteiger partial charge in [0.05, 0.1) is 25.0 Å². The summed E-state index contributed by atoms with van der Waals surface area (Å²) < 4.78 is 12.4. The number of thiophene rings is 1. The number of fused-ring (bicyclic) bond motifs is 1. The van der Waals surface area contributed by atoms with Crippen LogP contribution in [0.3, 0.4) is 0 Å². The first-order chi connectivity index (χ1) is 16.9. The number of thioether (sulfide) groups is 1. The Bertz CT molecular complexity index is 1200. The lowest BCUT2D eigenvalue weighted by atomic mass is 9.88. The molecular formula is C25H30N4O4S2. The van der Waals surface area contributed by atoms with Gasteiger partial charge in [0.15, 0.2) is 5.16 Å². The predicted octanol–water partition coefficient (Wildman–Crippen LogP) is 4.51. The van der Waals surface area contributed by atoms with E-state index in [-0.39, 0.29) is 17.6 Å². The Balaban J connectivity index is 1.41. The Morgan fingerprint density at radius 1 is 1.26 bits per heavy atom. The average molecular weight is 515 g/mol. The van der Waals surface area contributed by atoms with Crippen LogP contribution in [0.2, 0.25) is 0 Å². The summed E-state index contributed by atoms with van der Waals surface area (Å²) >= 11 is 2.81. The van der Waals surface area contributed by atoms with Crippen LogP contribution in [0.25, 0.3) is 0 Å². The van der Waals surface area contributed by atoms with Crippen molar-refractivity contribution >= 4 is 40.0 Å². The van der Waals surface area contributed by atoms with Crippen molar-refractivity contribution in [2.45, 2.75) is 44.7 Å². The molecule has 0 spiro atoms. The van der Waals surface area contributed by atoms with E-state index in [1.165, 1.54) is 28.0 Å². The third-order valence-corrected chi connectivity index (χ3v) is 8.21. The average Bonchev–Trinajstić information content (AvgIpc) is 3.37. The van der Waals surface area contributed by atoms with Gasteiger partial charge in [-0.15, -0.1) is 21.5 Å². The highest BCUT2D eigenvalue weighted by atomic mass is 32.2. The molecule has 2 aromatic heterocycles. The first-order valence-electron chi connectivity index (χ1n) is 11.6. The van der Waals surface area contributed by atoms with Crippen LogP contribution in [0.4, 0.5) is 5.00 Å². The van der Waals surface area contributed by atoms with Gasteiger partial charge in [-0.25, -0.2) is 4.79 Å². The minimum atomic E-state index is -0.362. The fourth-order valence-corrected chi connectivity index (χ4v) is 6.25. The number of carbonyl (C=O) groups excluding carboxylic acids is 2. The van der Waals surface area contributed by atoms with Crippen molar-refractivity contribution in [3.63, 3.8) is 0 Å². The van der Waals surface area contributed by atoms with Crippen molar-refractivity contribution in [3.8, 4) is 5.75 Å². The van der Waals surface area contributed by atoms with Crippen LogP contribution in [0.15, 0.2) is 29.4 Å². The molecule has 0 bridgehead atoms. The van der Waals surface area contributed by atoms with Crippen LogP contribution in [0.5, 0.6) is 5.75 Å². The summed E-state index contributed by atoms with van der Waals surface area (Å²) in [5.41, 5.74) is 2.65. The molecule has 0 radical (unpaired) electrons. The maximum absolute atomic E-state index is 12.8. The highest BCUT2D eigenvalue weighted by Crippen LogP contribution is 2.40. The molecule has 1 amide bonds. The summed E-state index contributed by atoms with van der Waals surface area (Å²) in [5.74, 6) is 1.79. The van der Waals surface area contributed by atoms with Crippen LogP contribution in [0.1, 0.15) is 52.5 Å². The van der Waals surface area contributed by atoms with Gasteiger partial charge in [-0.05, 0) is 55.4 Å². The lowest BCUT2D eigenvalue weighted by Gasteiger charge is -2.18. The lowest BCUT2D eigenvalue weighted by Crippen LogP contribution is -2.18. The number of esters is 1. The standard InChI is InChI=1S/C25H30N4O4S2/c1-5-33-24(31)22-18-11-6-15(2)12-19(18)35-23(22)26-21(30)14-34-25-28-27-20(29(25)3)13-16-7-9-17(32-4)10-8-16/h7-10,15H,5-6,11-14H2,1-4H3,(H,26,30). The number of rotatable bonds is 9. The number of hydrogen-bond donors (Lipinski definition) is 1. The number of nitrogens with one attached hydrogen (secondary N) is 1. The number of hydrogen-bond acceptors (Lipinski definition) is 8. The van der Waals surface area contributed by atoms with Gasteiger partial charge in [0, 0.05) is 18.3 Å². The van der Waals surface area contributed by atoms with Gasteiger partial charge in [0.1, 0.15) is 16.6 Å². The normalized spacial score (nSPS) is 14.9. The topological polar surface area (TPSA) is 95.3 Å². The summed E-state index contributed by atoms with van der Waals surface area (Å²) in [6.45, 7) is 4.30. The van der Waals surface area contributed by atoms with Crippen LogP contribution in [0, 0.1) is 5.92 Å². The fourth-order valence-electron chi connectivity index (χ4n) is 4.10. The first kappa shape index (κ1) is 25.2. The number of methoxy groups -OCH3 is 1. The van der Waals surface area contributed by atoms with Crippen molar-refractivity contribution in [1.82, 2.24) is 14.8 Å². The van der Waals surface area contributed by atoms with Crippen LogP contribution in [-0.2, 0) is 35.8 Å². The van der Waals surface area contributed by atoms with Gasteiger partial charge in [0.2, 0.25) is 5.91 Å². The third kappa shape index (κ3) is 5.87. The van der Waals surface area contributed by atoms with Crippen LogP contribution < -0.4 is 10.1 Å². The summed E-state index contributed by atoms with van der Waals surface area (Å²) in [5, 5.41) is 12.8. The maximum atomic E-state index is 12.8. The molecule has 1 aliphatic rings. The summed E-state index contributed by atoms with van der Waals surface area (Å²) in [7, 11) is 3.54. The monoisotopic (exact) mass is 514 g/mol. The number of carbonyl (C=O) groups is 2. The Morgan fingerprint density at radius 2 is 2.03 bits per heavy atom. The smallest absolute Gasteiger partial charge is 0.341 e. The van der Waals surface area contributed by atoms with E-state index in [1.807, 2.05) is 35.9 Å². The second-order valence-corrected chi connectivity index (χ2v) is 10.6. The predicted molar refractivity (Wildman–Crippen MR) is 138 cm³/mol. The zero-order valence-corrected chi connectivity index (χ0v) is 22.1. The highest BCUT2D eigenvalue weighted by molar-refractivity contribution is 7.99. The zero-order valence-electron chi connectivity index (χ0n) is 20.4. The van der Waals surface area contributed by atoms with E-state index in [0.717, 1.165) is 42.0 Å². The molecular weight excluding hydrogens is 484 g/mol. The van der Waals surface area contributed by atoms with E-state index in [0.29, 0.717) is 34.7 Å². The summed E-state index contributed by atoms with van der Waals surface area (Å²) in [6, 6.07) is 7.82. The van der Waals surface area contributed by atoms with Crippen molar-refractivity contribution in [2.24, 2.45) is 13.0 Å². The molecule has 2 heterocycles. The highest BCUT2D eigenvalue weighted by Gasteiger charge is 2.29. The second-order valence-electron chi connectivity index (χ2n) is 8.60. The number of nitrogens with zero attached hydrogens (tertiary/aromatic N) is 3. The number of benzene rings is 1. The van der Waals surface area contributed by atoms with E-state index in [2.05, 4.69) is 22.4 Å². The van der Waals surface area contributed by atoms with Crippen molar-refractivity contribution in [3.05, 3.63) is 51.7 Å². The Morgan fingerprint density at radius 3 is 2.74 bits per heavy atom. The molecule has 0 aliphatic heterocycles. The third-order valence-electron chi connectivity index (χ3n) is 6.02. The Labute approximate surface area is 213 Å². The van der Waals surface area contributed by atoms with Gasteiger partial charge >= 0.3 is 5.97 Å². The Hall–Kier alpha value is -2.85. The molecule has 1 aliphatic carbocycles. The van der Waals surface area contributed by atoms with E-state index in [9.17, 15) is 9.59 Å². The molecule has 8 nitrogen and oxygen atoms in total. The number of aromatic nitrogens is 3. The molecule has 4 rings (SSSR count). The molecule has 1 unspecified atom stereocenters. The van der Waals surface area contributed by atoms with Gasteiger partial charge < -0.3 is 19.4 Å². The minimum Gasteiger partial charge on any atom is -0.497 e. The van der Waals surface area contributed by atoms with E-state index in [4.69, 9.17) is 9.47 Å². The molecule has 1 N–H and O–H groups in total. The van der Waals surface area contributed by atoms with Crippen molar-refractivity contribution in [2.75, 3.05) is 24.8 Å². The molecule has 0 saturated heterocycles. The molecule has 3 aromatic rings. The molecule has 0 fully saturated rings. The maximum Gasteiger partial charge on any atom is 0.341 e. The Kier molecular flexibility index (Phi) is 8.12. The largest absolute Gasteiger partial charge is 0.497 e. The van der Waals surface area contributed by atoms with E-state index < -0.39 is 0 Å². The van der Waals surface area contributed by atoms with Gasteiger partial charge in [-0.1, -0.05) is 30.8 Å². The molecule has 10 heteroatoms. The molecule has 0 saturated carbocycles. The molecule has 186 valence electrons. The lowest BCUT2D eigenvalue weighted by molar-refractivity contribution is -0.113. The number of ether oxygens (including phenoxy) is 2. The summed E-state index contributed by atoms with van der Waals surface area (Å²) in [4.78, 5) is 26.7. The van der Waals surface area contributed by atoms with E-state index in [1.54, 1.807) is 14.0 Å². The molecule has 1 atom stereocenters. The van der Waals surface area contributed by atoms with E-state index >= 15 is 0 Å². The molecule has 1 aromatic carbocycles.